The number of nitrogens with two attached hydrogens (primary N) is 2. The lowest BCUT2D eigenvalue weighted by atomic mass is 9.84. The van der Waals surface area contributed by atoms with E-state index in [2.05, 4.69) is 27.1 Å². The molecular formula is C35H27F7N6O3. The van der Waals surface area contributed by atoms with Crippen LogP contribution in [0.5, 0.6) is 0 Å². The van der Waals surface area contributed by atoms with Gasteiger partial charge in [-0.2, -0.15) is 27.1 Å². The zero-order valence-electron chi connectivity index (χ0n) is 26.7. The number of benzene rings is 2. The quantitative estimate of drug-likeness (QED) is 0.132. The smallest absolute Gasteiger partial charge is 0.380 e. The normalized spacial score (nSPS) is 18.9. The predicted octanol–water partition coefficient (Wildman–Crippen LogP) is 6.35. The summed E-state index contributed by atoms with van der Waals surface area (Å²) in [6.07, 6.45) is -5.95. The fourth-order valence-electron chi connectivity index (χ4n) is 6.93. The molecule has 264 valence electrons. The Hall–Kier alpha value is -5.43. The van der Waals surface area contributed by atoms with Crippen LogP contribution in [0.15, 0.2) is 53.1 Å². The Balaban J connectivity index is 1.54. The van der Waals surface area contributed by atoms with Crippen LogP contribution >= 0.6 is 0 Å². The van der Waals surface area contributed by atoms with E-state index in [4.69, 9.17) is 16.0 Å². The molecule has 0 saturated heterocycles. The van der Waals surface area contributed by atoms with E-state index in [1.165, 1.54) is 26.0 Å². The first-order valence-corrected chi connectivity index (χ1v) is 15.6. The van der Waals surface area contributed by atoms with E-state index >= 15 is 8.78 Å². The highest BCUT2D eigenvalue weighted by Crippen LogP contribution is 2.69. The van der Waals surface area contributed by atoms with Crippen molar-refractivity contribution in [2.45, 2.75) is 62.3 Å². The highest BCUT2D eigenvalue weighted by atomic mass is 19.4. The Kier molecular flexibility index (Phi) is 7.71. The van der Waals surface area contributed by atoms with E-state index in [1.54, 1.807) is 18.2 Å². The van der Waals surface area contributed by atoms with Crippen molar-refractivity contribution in [3.8, 4) is 23.0 Å². The molecular weight excluding hydrogens is 685 g/mol. The fraction of sp³-hybridized carbons (Fsp3) is 0.314. The maximum Gasteiger partial charge on any atom is 0.435 e. The Morgan fingerprint density at radius 3 is 2.47 bits per heavy atom. The van der Waals surface area contributed by atoms with E-state index < -0.39 is 82.4 Å². The van der Waals surface area contributed by atoms with Gasteiger partial charge in [0.1, 0.15) is 34.7 Å². The number of rotatable bonds is 7. The highest BCUT2D eigenvalue weighted by Gasteiger charge is 2.69. The summed E-state index contributed by atoms with van der Waals surface area (Å²) < 4.78 is 110. The molecule has 16 heteroatoms. The molecule has 0 radical (unpaired) electrons. The van der Waals surface area contributed by atoms with Crippen molar-refractivity contribution in [2.75, 3.05) is 5.73 Å². The van der Waals surface area contributed by atoms with Crippen LogP contribution in [0.25, 0.3) is 22.1 Å². The third-order valence-electron chi connectivity index (χ3n) is 9.06. The number of primary amides is 1. The number of carbonyl (C=O) groups is 1. The van der Waals surface area contributed by atoms with Crippen LogP contribution in [0.4, 0.5) is 36.6 Å². The molecule has 3 aromatic heterocycles. The first kappa shape index (κ1) is 34.0. The number of hydrogen-bond acceptors (Lipinski definition) is 7. The van der Waals surface area contributed by atoms with E-state index in [9.17, 15) is 31.9 Å². The number of fused-ring (bicyclic) bond motifs is 4. The van der Waals surface area contributed by atoms with E-state index in [-0.39, 0.29) is 45.9 Å². The fourth-order valence-corrected chi connectivity index (χ4v) is 6.93. The van der Waals surface area contributed by atoms with Crippen molar-refractivity contribution in [1.29, 1.82) is 0 Å². The Morgan fingerprint density at radius 2 is 1.82 bits per heavy atom. The predicted molar refractivity (Wildman–Crippen MR) is 168 cm³/mol. The second-order valence-corrected chi connectivity index (χ2v) is 13.2. The molecule has 51 heavy (non-hydrogen) atoms. The summed E-state index contributed by atoms with van der Waals surface area (Å²) in [5.41, 5.74) is 7.20. The van der Waals surface area contributed by atoms with Gasteiger partial charge in [0, 0.05) is 34.6 Å². The number of para-hydroxylation sites is 1. The topological polar surface area (TPSA) is 146 Å². The summed E-state index contributed by atoms with van der Waals surface area (Å²) in [6.45, 7) is 2.80. The van der Waals surface area contributed by atoms with Gasteiger partial charge in [0.15, 0.2) is 17.1 Å². The number of alkyl halides is 5. The molecule has 2 aliphatic rings. The van der Waals surface area contributed by atoms with Gasteiger partial charge in [-0.05, 0) is 74.4 Å². The molecule has 2 aromatic carbocycles. The summed E-state index contributed by atoms with van der Waals surface area (Å²) in [5, 5.41) is 18.0. The summed E-state index contributed by atoms with van der Waals surface area (Å²) in [5.74, 6) is -6.16. The third kappa shape index (κ3) is 5.94. The Bertz CT molecular complexity index is 2280. The molecule has 1 unspecified atom stereocenters. The molecule has 4 atom stereocenters. The van der Waals surface area contributed by atoms with Crippen LogP contribution in [0.2, 0.25) is 0 Å². The molecule has 2 aliphatic carbocycles. The average Bonchev–Trinajstić information content (AvgIpc) is 3.51. The second kappa shape index (κ2) is 11.6. The standard InChI is InChI=1S/C35H27F7N6O3/c1-33(2,50)9-8-18-6-7-19(20-4-3-5-21-28(20)51-47-31(21)43)26(45-18)23(12-15-10-16(36)13-17(37)11-15)27(32(44)49)48-30-25(29(46-48)35(40,41)42)22-14-24(22)34(30,38)39/h3-7,10-11,13,22-24,27,50H,12,14H2,1-2H3,(H2,43,47)(H2,44,49)/t22-,23+,24+,27?/m0/s1. The number of pyridine rings is 1. The van der Waals surface area contributed by atoms with Gasteiger partial charge in [0.25, 0.3) is 5.92 Å². The van der Waals surface area contributed by atoms with E-state index in [1.807, 2.05) is 0 Å². The maximum absolute atomic E-state index is 15.9. The number of halogens is 7. The lowest BCUT2D eigenvalue weighted by Gasteiger charge is -2.29. The van der Waals surface area contributed by atoms with Gasteiger partial charge in [0.05, 0.1) is 11.1 Å². The zero-order chi connectivity index (χ0) is 36.8. The average molecular weight is 713 g/mol. The summed E-state index contributed by atoms with van der Waals surface area (Å²) in [6, 6.07) is 7.95. The molecule has 0 bridgehead atoms. The number of nitrogen functional groups attached to an aromatic ring is 1. The Morgan fingerprint density at radius 1 is 1.12 bits per heavy atom. The molecule has 1 amide bonds. The number of carbonyl (C=O) groups excluding carboxylic acids is 1. The van der Waals surface area contributed by atoms with Crippen molar-refractivity contribution in [3.05, 3.63) is 94.1 Å². The second-order valence-electron chi connectivity index (χ2n) is 13.2. The SMILES string of the molecule is CC(C)(O)C#Cc1ccc(-c2cccc3c(N)noc23)c([C@@H](Cc2cc(F)cc(F)c2)C(C(N)=O)n2nc(C(F)(F)F)c3c2C(F)(F)[C@@H]2C[C@H]32)n1. The molecule has 3 heterocycles. The lowest BCUT2D eigenvalue weighted by Crippen LogP contribution is -2.37. The number of hydrogen-bond donors (Lipinski definition) is 3. The molecule has 1 saturated carbocycles. The highest BCUT2D eigenvalue weighted by molar-refractivity contribution is 5.98. The molecule has 1 fully saturated rings. The Labute approximate surface area is 284 Å². The van der Waals surface area contributed by atoms with Gasteiger partial charge in [-0.3, -0.25) is 4.79 Å². The summed E-state index contributed by atoms with van der Waals surface area (Å²) in [4.78, 5) is 18.2. The van der Waals surface area contributed by atoms with Gasteiger partial charge in [-0.25, -0.2) is 18.4 Å². The number of amides is 1. The van der Waals surface area contributed by atoms with Crippen LogP contribution in [0.3, 0.4) is 0 Å². The van der Waals surface area contributed by atoms with Crippen LogP contribution < -0.4 is 11.5 Å². The minimum atomic E-state index is -5.18. The van der Waals surface area contributed by atoms with Crippen LogP contribution in [-0.2, 0) is 23.3 Å². The summed E-state index contributed by atoms with van der Waals surface area (Å²) >= 11 is 0. The maximum atomic E-state index is 15.9. The summed E-state index contributed by atoms with van der Waals surface area (Å²) in [7, 11) is 0. The minimum absolute atomic E-state index is 0.0170. The van der Waals surface area contributed by atoms with Crippen LogP contribution in [0.1, 0.15) is 72.0 Å². The lowest BCUT2D eigenvalue weighted by molar-refractivity contribution is -0.142. The molecule has 0 aliphatic heterocycles. The van der Waals surface area contributed by atoms with Crippen LogP contribution in [0, 0.1) is 29.4 Å². The van der Waals surface area contributed by atoms with Crippen molar-refractivity contribution in [1.82, 2.24) is 19.9 Å². The first-order valence-electron chi connectivity index (χ1n) is 15.6. The number of nitrogens with zero attached hydrogens (tertiary/aromatic N) is 4. The number of anilines is 1. The van der Waals surface area contributed by atoms with Crippen LogP contribution in [-0.4, -0.2) is 36.5 Å². The minimum Gasteiger partial charge on any atom is -0.380 e. The number of aromatic nitrogens is 4. The molecule has 0 spiro atoms. The zero-order valence-corrected chi connectivity index (χ0v) is 26.7. The van der Waals surface area contributed by atoms with Gasteiger partial charge >= 0.3 is 6.18 Å². The molecule has 5 aromatic rings. The van der Waals surface area contributed by atoms with Gasteiger partial charge in [-0.15, -0.1) is 0 Å². The number of aliphatic hydroxyl groups is 1. The van der Waals surface area contributed by atoms with Gasteiger partial charge < -0.3 is 21.1 Å². The van der Waals surface area contributed by atoms with Gasteiger partial charge in [0.2, 0.25) is 5.91 Å². The first-order chi connectivity index (χ1) is 23.8. The molecule has 5 N–H and O–H groups in total. The van der Waals surface area contributed by atoms with E-state index in [0.717, 1.165) is 12.1 Å². The molecule has 9 nitrogen and oxygen atoms in total. The van der Waals surface area contributed by atoms with Crippen molar-refractivity contribution < 1.29 is 45.2 Å². The molecule has 7 rings (SSSR count). The van der Waals surface area contributed by atoms with E-state index in [0.29, 0.717) is 16.1 Å². The largest absolute Gasteiger partial charge is 0.435 e. The van der Waals surface area contributed by atoms with Crippen molar-refractivity contribution in [3.63, 3.8) is 0 Å². The monoisotopic (exact) mass is 712 g/mol. The van der Waals surface area contributed by atoms with Crippen molar-refractivity contribution >= 4 is 22.7 Å². The van der Waals surface area contributed by atoms with Gasteiger partial charge in [-0.1, -0.05) is 23.2 Å². The third-order valence-corrected chi connectivity index (χ3v) is 9.06. The van der Waals surface area contributed by atoms with Crippen molar-refractivity contribution in [2.24, 2.45) is 11.7 Å².